The summed E-state index contributed by atoms with van der Waals surface area (Å²) in [5.74, 6) is -0.165. The lowest BCUT2D eigenvalue weighted by molar-refractivity contribution is -0.223. The zero-order valence-corrected chi connectivity index (χ0v) is 14.6. The van der Waals surface area contributed by atoms with Gasteiger partial charge in [0.15, 0.2) is 12.1 Å². The topological polar surface area (TPSA) is 62.9 Å². The van der Waals surface area contributed by atoms with Crippen LogP contribution < -0.4 is 5.73 Å². The third-order valence-corrected chi connectivity index (χ3v) is 5.50. The van der Waals surface area contributed by atoms with Crippen LogP contribution in [0.1, 0.15) is 39.2 Å². The molecule has 0 aromatic heterocycles. The van der Waals surface area contributed by atoms with Crippen molar-refractivity contribution in [3.63, 3.8) is 0 Å². The summed E-state index contributed by atoms with van der Waals surface area (Å²) in [6, 6.07) is 10.1. The minimum absolute atomic E-state index is 0.183. The Morgan fingerprint density at radius 1 is 1.21 bits per heavy atom. The highest BCUT2D eigenvalue weighted by molar-refractivity contribution is 5.18. The maximum absolute atomic E-state index is 6.62. The molecule has 1 aromatic carbocycles. The van der Waals surface area contributed by atoms with Crippen LogP contribution in [0.3, 0.4) is 0 Å². The van der Waals surface area contributed by atoms with Crippen molar-refractivity contribution in [2.45, 2.75) is 76.1 Å². The number of rotatable bonds is 5. The van der Waals surface area contributed by atoms with Gasteiger partial charge in [0.25, 0.3) is 0 Å². The fourth-order valence-corrected chi connectivity index (χ4v) is 4.10. The fraction of sp³-hybridized carbons (Fsp3) is 0.684. The summed E-state index contributed by atoms with van der Waals surface area (Å²) in [7, 11) is 0. The molecule has 0 radical (unpaired) electrons. The van der Waals surface area contributed by atoms with Gasteiger partial charge < -0.3 is 24.7 Å². The van der Waals surface area contributed by atoms with E-state index in [9.17, 15) is 0 Å². The van der Waals surface area contributed by atoms with E-state index in [4.69, 9.17) is 24.7 Å². The Hall–Kier alpha value is -0.980. The van der Waals surface area contributed by atoms with E-state index >= 15 is 0 Å². The number of benzene rings is 1. The van der Waals surface area contributed by atoms with E-state index in [1.807, 2.05) is 32.0 Å². The molecule has 5 nitrogen and oxygen atoms in total. The van der Waals surface area contributed by atoms with Crippen molar-refractivity contribution in [1.82, 2.24) is 0 Å². The summed E-state index contributed by atoms with van der Waals surface area (Å²) in [5, 5.41) is 0. The molecule has 5 heteroatoms. The predicted octanol–water partition coefficient (Wildman–Crippen LogP) is 2.58. The van der Waals surface area contributed by atoms with E-state index in [2.05, 4.69) is 19.1 Å². The molecule has 1 aromatic rings. The van der Waals surface area contributed by atoms with Crippen molar-refractivity contribution in [3.8, 4) is 0 Å². The fourth-order valence-electron chi connectivity index (χ4n) is 4.10. The van der Waals surface area contributed by atoms with Gasteiger partial charge in [-0.1, -0.05) is 43.7 Å². The molecule has 6 atom stereocenters. The molecule has 3 aliphatic rings. The normalized spacial score (nSPS) is 42.9. The van der Waals surface area contributed by atoms with E-state index < -0.39 is 12.1 Å². The maximum atomic E-state index is 6.62. The average Bonchev–Trinajstić information content (AvgIpc) is 2.98. The minimum atomic E-state index is -0.649. The van der Waals surface area contributed by atoms with Crippen LogP contribution in [0.2, 0.25) is 0 Å². The molecule has 3 fully saturated rings. The summed E-state index contributed by atoms with van der Waals surface area (Å²) in [4.78, 5) is 0. The molecular formula is C19H27NO4. The van der Waals surface area contributed by atoms with Gasteiger partial charge in [-0.05, 0) is 31.7 Å². The quantitative estimate of drug-likeness (QED) is 0.897. The van der Waals surface area contributed by atoms with Gasteiger partial charge in [-0.15, -0.1) is 0 Å². The van der Waals surface area contributed by atoms with E-state index in [1.165, 1.54) is 0 Å². The number of ether oxygens (including phenoxy) is 4. The van der Waals surface area contributed by atoms with Gasteiger partial charge in [-0.25, -0.2) is 0 Å². The number of nitrogens with two attached hydrogens (primary N) is 1. The van der Waals surface area contributed by atoms with Gasteiger partial charge in [0.1, 0.15) is 18.3 Å². The van der Waals surface area contributed by atoms with Crippen LogP contribution in [0.4, 0.5) is 0 Å². The highest BCUT2D eigenvalue weighted by Crippen LogP contribution is 2.53. The molecule has 1 aliphatic carbocycles. The third kappa shape index (κ3) is 2.78. The lowest BCUT2D eigenvalue weighted by Crippen LogP contribution is -2.49. The van der Waals surface area contributed by atoms with Crippen LogP contribution in [0.25, 0.3) is 0 Å². The lowest BCUT2D eigenvalue weighted by atomic mass is 9.99. The zero-order valence-electron chi connectivity index (χ0n) is 14.6. The largest absolute Gasteiger partial charge is 0.368 e. The summed E-state index contributed by atoms with van der Waals surface area (Å²) >= 11 is 0. The van der Waals surface area contributed by atoms with Crippen molar-refractivity contribution in [1.29, 1.82) is 0 Å². The second kappa shape index (κ2) is 5.78. The van der Waals surface area contributed by atoms with E-state index in [-0.39, 0.29) is 23.9 Å². The van der Waals surface area contributed by atoms with Gasteiger partial charge in [-0.3, -0.25) is 0 Å². The highest BCUT2D eigenvalue weighted by Gasteiger charge is 2.66. The second-order valence-corrected chi connectivity index (χ2v) is 7.71. The molecule has 2 heterocycles. The van der Waals surface area contributed by atoms with Crippen molar-refractivity contribution < 1.29 is 18.9 Å². The number of hydrogen-bond donors (Lipinski definition) is 1. The first-order chi connectivity index (χ1) is 11.4. The molecular weight excluding hydrogens is 306 g/mol. The Bertz CT molecular complexity index is 592. The molecule has 2 N–H and O–H groups in total. The van der Waals surface area contributed by atoms with Gasteiger partial charge in [0.2, 0.25) is 0 Å². The van der Waals surface area contributed by atoms with Crippen molar-refractivity contribution in [2.24, 2.45) is 11.7 Å². The first-order valence-electron chi connectivity index (χ1n) is 8.88. The molecule has 24 heavy (non-hydrogen) atoms. The van der Waals surface area contributed by atoms with Crippen LogP contribution in [0.15, 0.2) is 30.3 Å². The lowest BCUT2D eigenvalue weighted by Gasteiger charge is -2.30. The van der Waals surface area contributed by atoms with E-state index in [0.29, 0.717) is 12.5 Å². The Morgan fingerprint density at radius 3 is 2.62 bits per heavy atom. The van der Waals surface area contributed by atoms with Crippen LogP contribution >= 0.6 is 0 Å². The molecule has 1 saturated carbocycles. The second-order valence-electron chi connectivity index (χ2n) is 7.71. The van der Waals surface area contributed by atoms with Crippen LogP contribution in [-0.4, -0.2) is 35.9 Å². The van der Waals surface area contributed by atoms with Crippen molar-refractivity contribution in [2.75, 3.05) is 0 Å². The molecule has 0 bridgehead atoms. The van der Waals surface area contributed by atoms with Crippen molar-refractivity contribution >= 4 is 0 Å². The molecule has 0 spiro atoms. The van der Waals surface area contributed by atoms with Crippen molar-refractivity contribution in [3.05, 3.63) is 35.9 Å². The molecule has 4 rings (SSSR count). The smallest absolute Gasteiger partial charge is 0.190 e. The van der Waals surface area contributed by atoms with Gasteiger partial charge >= 0.3 is 0 Å². The Labute approximate surface area is 143 Å². The zero-order chi connectivity index (χ0) is 16.9. The maximum Gasteiger partial charge on any atom is 0.190 e. The molecule has 0 amide bonds. The predicted molar refractivity (Wildman–Crippen MR) is 89.0 cm³/mol. The minimum Gasteiger partial charge on any atom is -0.368 e. The van der Waals surface area contributed by atoms with E-state index in [0.717, 1.165) is 18.4 Å². The SMILES string of the molecule is CCC1CC1(N)[C@H]1O[C@@H]2OC(C)(C)O[C@@H]2[C@H]1OCc1ccccc1. The monoisotopic (exact) mass is 333 g/mol. The molecule has 2 aliphatic heterocycles. The summed E-state index contributed by atoms with van der Waals surface area (Å²) in [5.41, 5.74) is 7.43. The standard InChI is InChI=1S/C19H27NO4/c1-4-13-10-19(13,20)16-14(21-11-12-8-6-5-7-9-12)15-17(22-16)24-18(2,3)23-15/h5-9,13-17H,4,10-11,20H2,1-3H3/t13?,14-,15-,16+,17-,19?/m1/s1. The molecule has 132 valence electrons. The number of hydrogen-bond acceptors (Lipinski definition) is 5. The third-order valence-electron chi connectivity index (χ3n) is 5.50. The Kier molecular flexibility index (Phi) is 3.97. The Balaban J connectivity index is 1.52. The number of fused-ring (bicyclic) bond motifs is 1. The first kappa shape index (κ1) is 16.5. The van der Waals surface area contributed by atoms with Crippen LogP contribution in [-0.2, 0) is 25.6 Å². The first-order valence-corrected chi connectivity index (χ1v) is 8.88. The summed E-state index contributed by atoms with van der Waals surface area (Å²) < 4.78 is 24.4. The van der Waals surface area contributed by atoms with Crippen LogP contribution in [0.5, 0.6) is 0 Å². The average molecular weight is 333 g/mol. The summed E-state index contributed by atoms with van der Waals surface area (Å²) in [6.07, 6.45) is 1.01. The van der Waals surface area contributed by atoms with Gasteiger partial charge in [0.05, 0.1) is 6.61 Å². The summed E-state index contributed by atoms with van der Waals surface area (Å²) in [6.45, 7) is 6.50. The van der Waals surface area contributed by atoms with Gasteiger partial charge in [0, 0.05) is 5.54 Å². The van der Waals surface area contributed by atoms with Gasteiger partial charge in [-0.2, -0.15) is 0 Å². The Morgan fingerprint density at radius 2 is 1.96 bits per heavy atom. The molecule has 2 unspecified atom stereocenters. The molecule has 2 saturated heterocycles. The van der Waals surface area contributed by atoms with E-state index in [1.54, 1.807) is 0 Å². The highest BCUT2D eigenvalue weighted by atomic mass is 16.8. The van der Waals surface area contributed by atoms with Crippen LogP contribution in [0, 0.1) is 5.92 Å².